The average Bonchev–Trinajstić information content (AvgIpc) is 3.55. The standard InChI is InChI=1S/C23H29N5O2.HNO2S/c1-14-4-6-18-15(9-14)5-7-20(18)28-17-10-21(23(28)30)26(12-17)13-19(25)22(29)27-8-2-3-16(27)11-24;1-4(2)3/h4,6,9,16-17,19-21H,2-3,5,7-8,10,12-13,25H2,1H3;1H/t16-,17-,19-,20+,21-;/m0./s1. The first-order chi connectivity index (χ1) is 16.2. The maximum Gasteiger partial charge on any atom is 0.308 e. The van der Waals surface area contributed by atoms with E-state index in [1.54, 1.807) is 4.90 Å². The highest BCUT2D eigenvalue weighted by Crippen LogP contribution is 2.44. The number of likely N-dealkylation sites (tertiary alicyclic amines) is 3. The summed E-state index contributed by atoms with van der Waals surface area (Å²) >= 11 is 0. The van der Waals surface area contributed by atoms with Crippen LogP contribution in [0.25, 0.3) is 0 Å². The lowest BCUT2D eigenvalue weighted by Crippen LogP contribution is -2.56. The number of aryl methyl sites for hydroxylation is 2. The second kappa shape index (κ2) is 9.82. The first kappa shape index (κ1) is 24.3. The number of hydrogen-bond acceptors (Lipinski definition) is 8. The van der Waals surface area contributed by atoms with E-state index < -0.39 is 16.5 Å². The third-order valence-electron chi connectivity index (χ3n) is 7.43. The SMILES string of the molecule is Cc1ccc2c(c1)CC[C@H]2N1C(=O)[C@@H]2C[C@H]1CN2C[C@H](N)C(=O)N1CCC[C@H]1C#N.N=S(=O)=O. The van der Waals surface area contributed by atoms with Gasteiger partial charge in [0.05, 0.1) is 24.2 Å². The number of hydrogen-bond donors (Lipinski definition) is 2. The van der Waals surface area contributed by atoms with E-state index in [0.717, 1.165) is 38.6 Å². The van der Waals surface area contributed by atoms with Crippen molar-refractivity contribution in [2.75, 3.05) is 19.6 Å². The molecule has 3 heterocycles. The van der Waals surface area contributed by atoms with Crippen LogP contribution in [0.15, 0.2) is 18.2 Å². The Labute approximate surface area is 200 Å². The molecule has 11 heteroatoms. The monoisotopic (exact) mass is 486 g/mol. The van der Waals surface area contributed by atoms with Gasteiger partial charge in [0.1, 0.15) is 6.04 Å². The molecule has 3 fully saturated rings. The third kappa shape index (κ3) is 4.58. The number of fused-ring (bicyclic) bond motifs is 3. The largest absolute Gasteiger partial charge is 0.330 e. The van der Waals surface area contributed by atoms with Crippen LogP contribution in [-0.2, 0) is 26.5 Å². The lowest BCUT2D eigenvalue weighted by Gasteiger charge is -2.38. The normalized spacial score (nSPS) is 28.3. The number of carbonyl (C=O) groups excluding carboxylic acids is 2. The fourth-order valence-electron chi connectivity index (χ4n) is 6.02. The number of benzene rings is 1. The minimum atomic E-state index is -2.61. The van der Waals surface area contributed by atoms with Crippen molar-refractivity contribution in [2.24, 2.45) is 5.73 Å². The van der Waals surface area contributed by atoms with Gasteiger partial charge in [-0.25, -0.2) is 0 Å². The van der Waals surface area contributed by atoms with Crippen molar-refractivity contribution < 1.29 is 18.0 Å². The Bertz CT molecular complexity index is 1130. The third-order valence-corrected chi connectivity index (χ3v) is 7.43. The Morgan fingerprint density at radius 1 is 1.32 bits per heavy atom. The van der Waals surface area contributed by atoms with Gasteiger partial charge in [-0.2, -0.15) is 18.5 Å². The molecular weight excluding hydrogens is 456 g/mol. The van der Waals surface area contributed by atoms with Gasteiger partial charge in [-0.05, 0) is 50.2 Å². The molecule has 4 aliphatic rings. The van der Waals surface area contributed by atoms with Crippen molar-refractivity contribution in [3.8, 4) is 6.07 Å². The minimum Gasteiger partial charge on any atom is -0.330 e. The molecule has 1 aliphatic carbocycles. The second-order valence-electron chi connectivity index (χ2n) is 9.52. The van der Waals surface area contributed by atoms with Gasteiger partial charge in [-0.3, -0.25) is 14.5 Å². The number of carbonyl (C=O) groups is 2. The van der Waals surface area contributed by atoms with E-state index in [4.69, 9.17) is 18.9 Å². The second-order valence-corrected chi connectivity index (χ2v) is 9.99. The molecule has 1 aromatic rings. The summed E-state index contributed by atoms with van der Waals surface area (Å²) in [5.41, 5.74) is 10.2. The Hall–Kier alpha value is -2.81. The fourth-order valence-corrected chi connectivity index (χ4v) is 6.02. The first-order valence-corrected chi connectivity index (χ1v) is 12.7. The molecule has 0 radical (unpaired) electrons. The summed E-state index contributed by atoms with van der Waals surface area (Å²) in [4.78, 5) is 31.8. The van der Waals surface area contributed by atoms with Gasteiger partial charge < -0.3 is 15.5 Å². The molecule has 2 bridgehead atoms. The van der Waals surface area contributed by atoms with Crippen LogP contribution in [-0.4, -0.2) is 78.7 Å². The molecule has 0 unspecified atom stereocenters. The highest BCUT2D eigenvalue weighted by molar-refractivity contribution is 7.60. The molecule has 5 rings (SSSR count). The van der Waals surface area contributed by atoms with Gasteiger partial charge in [-0.1, -0.05) is 23.8 Å². The summed E-state index contributed by atoms with van der Waals surface area (Å²) in [6.45, 7) is 3.87. The Morgan fingerprint density at radius 2 is 2.06 bits per heavy atom. The van der Waals surface area contributed by atoms with Gasteiger partial charge in [0.25, 0.3) is 0 Å². The molecule has 3 N–H and O–H groups in total. The Balaban J connectivity index is 0.000000636. The lowest BCUT2D eigenvalue weighted by molar-refractivity contribution is -0.141. The van der Waals surface area contributed by atoms with Crippen LogP contribution >= 0.6 is 0 Å². The van der Waals surface area contributed by atoms with Crippen molar-refractivity contribution in [3.05, 3.63) is 34.9 Å². The van der Waals surface area contributed by atoms with E-state index in [9.17, 15) is 14.9 Å². The van der Waals surface area contributed by atoms with Gasteiger partial charge in [0.2, 0.25) is 11.8 Å². The highest BCUT2D eigenvalue weighted by Gasteiger charge is 2.53. The molecular formula is C23H30N6O4S. The molecule has 5 atom stereocenters. The molecule has 0 saturated carbocycles. The number of amides is 2. The van der Waals surface area contributed by atoms with E-state index in [1.807, 2.05) is 0 Å². The van der Waals surface area contributed by atoms with Crippen LogP contribution < -0.4 is 5.73 Å². The van der Waals surface area contributed by atoms with E-state index in [0.29, 0.717) is 13.1 Å². The zero-order valence-corrected chi connectivity index (χ0v) is 20.0. The molecule has 3 saturated heterocycles. The van der Waals surface area contributed by atoms with E-state index in [1.165, 1.54) is 16.7 Å². The minimum absolute atomic E-state index is 0.161. The van der Waals surface area contributed by atoms with Crippen LogP contribution in [0.5, 0.6) is 0 Å². The predicted molar refractivity (Wildman–Crippen MR) is 123 cm³/mol. The summed E-state index contributed by atoms with van der Waals surface area (Å²) in [5, 5.41) is 9.24. The van der Waals surface area contributed by atoms with Crippen LogP contribution in [0.1, 0.15) is 48.4 Å². The predicted octanol–water partition coefficient (Wildman–Crippen LogP) is 0.737. The molecule has 34 heavy (non-hydrogen) atoms. The van der Waals surface area contributed by atoms with Crippen LogP contribution in [0.4, 0.5) is 0 Å². The average molecular weight is 487 g/mol. The van der Waals surface area contributed by atoms with Crippen LogP contribution in [0.2, 0.25) is 0 Å². The number of nitrogens with one attached hydrogen (secondary N) is 1. The Kier molecular flexibility index (Phi) is 7.02. The number of nitriles is 1. The van der Waals surface area contributed by atoms with E-state index in [2.05, 4.69) is 41.0 Å². The number of rotatable bonds is 4. The zero-order chi connectivity index (χ0) is 24.6. The quantitative estimate of drug-likeness (QED) is 0.637. The Morgan fingerprint density at radius 3 is 2.74 bits per heavy atom. The lowest BCUT2D eigenvalue weighted by atomic mass is 10.0. The molecule has 0 spiro atoms. The van der Waals surface area contributed by atoms with Crippen molar-refractivity contribution in [1.29, 1.82) is 10.0 Å². The smallest absolute Gasteiger partial charge is 0.308 e. The summed E-state index contributed by atoms with van der Waals surface area (Å²) in [7, 11) is -2.61. The highest BCUT2D eigenvalue weighted by atomic mass is 32.2. The summed E-state index contributed by atoms with van der Waals surface area (Å²) in [6, 6.07) is 7.94. The summed E-state index contributed by atoms with van der Waals surface area (Å²) < 4.78 is 22.8. The number of nitrogens with zero attached hydrogens (tertiary/aromatic N) is 4. The maximum absolute atomic E-state index is 13.3. The molecule has 182 valence electrons. The van der Waals surface area contributed by atoms with Gasteiger partial charge in [0.15, 0.2) is 0 Å². The van der Waals surface area contributed by atoms with Crippen molar-refractivity contribution in [1.82, 2.24) is 14.7 Å². The summed E-state index contributed by atoms with van der Waals surface area (Å²) in [6.07, 6.45) is 4.42. The van der Waals surface area contributed by atoms with Gasteiger partial charge >= 0.3 is 10.5 Å². The van der Waals surface area contributed by atoms with Crippen molar-refractivity contribution >= 4 is 22.3 Å². The molecule has 0 aromatic heterocycles. The zero-order valence-electron chi connectivity index (χ0n) is 19.2. The number of nitrogens with two attached hydrogens (primary N) is 1. The van der Waals surface area contributed by atoms with Crippen molar-refractivity contribution in [2.45, 2.75) is 69.2 Å². The molecule has 10 nitrogen and oxygen atoms in total. The van der Waals surface area contributed by atoms with Gasteiger partial charge in [-0.15, -0.1) is 0 Å². The first-order valence-electron chi connectivity index (χ1n) is 11.6. The van der Waals surface area contributed by atoms with Gasteiger partial charge in [0, 0.05) is 25.7 Å². The molecule has 3 aliphatic heterocycles. The molecule has 1 aromatic carbocycles. The van der Waals surface area contributed by atoms with Crippen LogP contribution in [0, 0.1) is 23.0 Å². The summed E-state index contributed by atoms with van der Waals surface area (Å²) in [5.74, 6) is 0.0200. The number of piperazine rings is 1. The van der Waals surface area contributed by atoms with E-state index in [-0.39, 0.29) is 36.0 Å². The maximum atomic E-state index is 13.3. The van der Waals surface area contributed by atoms with E-state index >= 15 is 0 Å². The van der Waals surface area contributed by atoms with Crippen LogP contribution in [0.3, 0.4) is 0 Å². The molecule has 2 amide bonds. The van der Waals surface area contributed by atoms with Crippen molar-refractivity contribution in [3.63, 3.8) is 0 Å². The fraction of sp³-hybridized carbons (Fsp3) is 0.609. The topological polar surface area (TPSA) is 152 Å².